The van der Waals surface area contributed by atoms with Crippen LogP contribution in [0.25, 0.3) is 0 Å². The minimum Gasteiger partial charge on any atom is -0.396 e. The van der Waals surface area contributed by atoms with Crippen molar-refractivity contribution in [3.05, 3.63) is 35.9 Å². The number of nitrogens with one attached hydrogen (secondary N) is 2. The molecular formula is C15H24N2O3. The average Bonchev–Trinajstić information content (AvgIpc) is 2.47. The van der Waals surface area contributed by atoms with E-state index in [1.165, 1.54) is 5.56 Å². The van der Waals surface area contributed by atoms with E-state index in [2.05, 4.69) is 22.8 Å². The number of carbonyl (C=O) groups is 1. The largest absolute Gasteiger partial charge is 0.396 e. The van der Waals surface area contributed by atoms with Crippen molar-refractivity contribution in [1.29, 1.82) is 0 Å². The smallest absolute Gasteiger partial charge is 0.314 e. The molecule has 0 fully saturated rings. The SMILES string of the molecule is O=C(NCCCO)NCCCOCCc1ccccc1. The molecule has 0 spiro atoms. The predicted molar refractivity (Wildman–Crippen MR) is 78.7 cm³/mol. The van der Waals surface area contributed by atoms with Gasteiger partial charge in [-0.1, -0.05) is 30.3 Å². The van der Waals surface area contributed by atoms with Gasteiger partial charge in [-0.3, -0.25) is 0 Å². The van der Waals surface area contributed by atoms with Crippen LogP contribution in [0.4, 0.5) is 4.79 Å². The minimum atomic E-state index is -0.192. The molecule has 0 bridgehead atoms. The third-order valence-corrected chi connectivity index (χ3v) is 2.75. The zero-order valence-corrected chi connectivity index (χ0v) is 11.8. The van der Waals surface area contributed by atoms with Crippen LogP contribution in [0, 0.1) is 0 Å². The Morgan fingerprint density at radius 3 is 2.45 bits per heavy atom. The number of ether oxygens (including phenoxy) is 1. The molecule has 20 heavy (non-hydrogen) atoms. The van der Waals surface area contributed by atoms with Crippen LogP contribution in [0.2, 0.25) is 0 Å². The van der Waals surface area contributed by atoms with Crippen LogP contribution < -0.4 is 10.6 Å². The Balaban J connectivity index is 1.88. The number of hydrogen-bond donors (Lipinski definition) is 3. The summed E-state index contributed by atoms with van der Waals surface area (Å²) in [4.78, 5) is 11.2. The Labute approximate surface area is 120 Å². The summed E-state index contributed by atoms with van der Waals surface area (Å²) in [6.07, 6.45) is 2.29. The van der Waals surface area contributed by atoms with Gasteiger partial charge in [0.1, 0.15) is 0 Å². The molecule has 0 unspecified atom stereocenters. The van der Waals surface area contributed by atoms with E-state index >= 15 is 0 Å². The first kappa shape index (κ1) is 16.5. The van der Waals surface area contributed by atoms with Crippen molar-refractivity contribution < 1.29 is 14.6 Å². The van der Waals surface area contributed by atoms with Crippen LogP contribution in [0.1, 0.15) is 18.4 Å². The first-order chi connectivity index (χ1) is 9.83. The molecule has 112 valence electrons. The maximum absolute atomic E-state index is 11.2. The molecular weight excluding hydrogens is 256 g/mol. The van der Waals surface area contributed by atoms with Crippen molar-refractivity contribution in [2.24, 2.45) is 0 Å². The zero-order valence-electron chi connectivity index (χ0n) is 11.8. The maximum Gasteiger partial charge on any atom is 0.314 e. The van der Waals surface area contributed by atoms with Gasteiger partial charge >= 0.3 is 6.03 Å². The van der Waals surface area contributed by atoms with E-state index in [0.29, 0.717) is 32.7 Å². The number of amides is 2. The highest BCUT2D eigenvalue weighted by molar-refractivity contribution is 5.73. The average molecular weight is 280 g/mol. The van der Waals surface area contributed by atoms with E-state index in [4.69, 9.17) is 9.84 Å². The van der Waals surface area contributed by atoms with E-state index in [1.54, 1.807) is 0 Å². The van der Waals surface area contributed by atoms with E-state index < -0.39 is 0 Å². The lowest BCUT2D eigenvalue weighted by Crippen LogP contribution is -2.37. The van der Waals surface area contributed by atoms with Crippen molar-refractivity contribution >= 4 is 6.03 Å². The maximum atomic E-state index is 11.2. The molecule has 1 aromatic rings. The fourth-order valence-corrected chi connectivity index (χ4v) is 1.66. The summed E-state index contributed by atoms with van der Waals surface area (Å²) in [6.45, 7) is 2.53. The highest BCUT2D eigenvalue weighted by Gasteiger charge is 1.98. The summed E-state index contributed by atoms with van der Waals surface area (Å²) in [6, 6.07) is 10.0. The van der Waals surface area contributed by atoms with Crippen LogP contribution in [0.5, 0.6) is 0 Å². The van der Waals surface area contributed by atoms with Crippen molar-refractivity contribution in [2.45, 2.75) is 19.3 Å². The molecule has 5 nitrogen and oxygen atoms in total. The number of aliphatic hydroxyl groups excluding tert-OH is 1. The molecule has 0 atom stereocenters. The molecule has 0 saturated heterocycles. The molecule has 0 aliphatic carbocycles. The molecule has 5 heteroatoms. The van der Waals surface area contributed by atoms with Crippen LogP contribution in [0.15, 0.2) is 30.3 Å². The lowest BCUT2D eigenvalue weighted by molar-refractivity contribution is 0.135. The van der Waals surface area contributed by atoms with E-state index in [-0.39, 0.29) is 12.6 Å². The van der Waals surface area contributed by atoms with E-state index in [9.17, 15) is 4.79 Å². The highest BCUT2D eigenvalue weighted by Crippen LogP contribution is 1.99. The van der Waals surface area contributed by atoms with Crippen molar-refractivity contribution in [2.75, 3.05) is 32.9 Å². The van der Waals surface area contributed by atoms with Crippen molar-refractivity contribution in [3.8, 4) is 0 Å². The molecule has 0 saturated carbocycles. The van der Waals surface area contributed by atoms with Crippen molar-refractivity contribution in [3.63, 3.8) is 0 Å². The topological polar surface area (TPSA) is 70.6 Å². The molecule has 0 aliphatic rings. The normalized spacial score (nSPS) is 10.2. The Morgan fingerprint density at radius 2 is 1.75 bits per heavy atom. The van der Waals surface area contributed by atoms with Gasteiger partial charge in [-0.15, -0.1) is 0 Å². The summed E-state index contributed by atoms with van der Waals surface area (Å²) in [5.74, 6) is 0. The van der Waals surface area contributed by atoms with Gasteiger partial charge in [0.25, 0.3) is 0 Å². The lowest BCUT2D eigenvalue weighted by Gasteiger charge is -2.07. The van der Waals surface area contributed by atoms with Gasteiger partial charge in [-0.2, -0.15) is 0 Å². The van der Waals surface area contributed by atoms with E-state index in [0.717, 1.165) is 12.8 Å². The van der Waals surface area contributed by atoms with Gasteiger partial charge in [0.2, 0.25) is 0 Å². The summed E-state index contributed by atoms with van der Waals surface area (Å²) in [5.41, 5.74) is 1.27. The Kier molecular flexibility index (Phi) is 9.26. The highest BCUT2D eigenvalue weighted by atomic mass is 16.5. The second kappa shape index (κ2) is 11.3. The number of hydrogen-bond acceptors (Lipinski definition) is 3. The van der Waals surface area contributed by atoms with Gasteiger partial charge in [-0.25, -0.2) is 4.79 Å². The van der Waals surface area contributed by atoms with Gasteiger partial charge < -0.3 is 20.5 Å². The minimum absolute atomic E-state index is 0.0928. The van der Waals surface area contributed by atoms with E-state index in [1.807, 2.05) is 18.2 Å². The number of aliphatic hydroxyl groups is 1. The molecule has 3 N–H and O–H groups in total. The molecule has 0 aliphatic heterocycles. The Hall–Kier alpha value is -1.59. The van der Waals surface area contributed by atoms with Gasteiger partial charge in [-0.05, 0) is 24.8 Å². The molecule has 1 aromatic carbocycles. The van der Waals surface area contributed by atoms with Gasteiger partial charge in [0.15, 0.2) is 0 Å². The summed E-state index contributed by atoms with van der Waals surface area (Å²) in [7, 11) is 0. The predicted octanol–water partition coefficient (Wildman–Crippen LogP) is 1.32. The lowest BCUT2D eigenvalue weighted by atomic mass is 10.2. The summed E-state index contributed by atoms with van der Waals surface area (Å²) in [5, 5.41) is 14.0. The van der Waals surface area contributed by atoms with Crippen LogP contribution >= 0.6 is 0 Å². The summed E-state index contributed by atoms with van der Waals surface area (Å²) >= 11 is 0. The first-order valence-corrected chi connectivity index (χ1v) is 7.07. The number of urea groups is 1. The monoisotopic (exact) mass is 280 g/mol. The first-order valence-electron chi connectivity index (χ1n) is 7.07. The zero-order chi connectivity index (χ0) is 14.5. The number of carbonyl (C=O) groups excluding carboxylic acids is 1. The third kappa shape index (κ3) is 8.50. The molecule has 0 radical (unpaired) electrons. The number of benzene rings is 1. The number of rotatable bonds is 10. The second-order valence-corrected chi connectivity index (χ2v) is 4.46. The van der Waals surface area contributed by atoms with Crippen LogP contribution in [0.3, 0.4) is 0 Å². The van der Waals surface area contributed by atoms with Gasteiger partial charge in [0, 0.05) is 26.3 Å². The third-order valence-electron chi connectivity index (χ3n) is 2.75. The van der Waals surface area contributed by atoms with Crippen LogP contribution in [-0.2, 0) is 11.2 Å². The Bertz CT molecular complexity index is 357. The van der Waals surface area contributed by atoms with Gasteiger partial charge in [0.05, 0.1) is 6.61 Å². The molecule has 2 amide bonds. The Morgan fingerprint density at radius 1 is 1.05 bits per heavy atom. The molecule has 0 aromatic heterocycles. The molecule has 0 heterocycles. The molecule has 1 rings (SSSR count). The van der Waals surface area contributed by atoms with Crippen LogP contribution in [-0.4, -0.2) is 44.0 Å². The second-order valence-electron chi connectivity index (χ2n) is 4.46. The summed E-state index contributed by atoms with van der Waals surface area (Å²) < 4.78 is 5.51. The fourth-order valence-electron chi connectivity index (χ4n) is 1.66. The fraction of sp³-hybridized carbons (Fsp3) is 0.533. The standard InChI is InChI=1S/C15H24N2O3/c18-11-4-9-16-15(19)17-10-5-12-20-13-8-14-6-2-1-3-7-14/h1-3,6-7,18H,4-5,8-13H2,(H2,16,17,19). The quantitative estimate of drug-likeness (QED) is 0.566. The van der Waals surface area contributed by atoms with Crippen molar-refractivity contribution in [1.82, 2.24) is 10.6 Å².